The molecule has 5 heteroatoms. The van der Waals surface area contributed by atoms with E-state index in [0.717, 1.165) is 63.0 Å². The minimum Gasteiger partial charge on any atom is -0.367 e. The molecular weight excluding hydrogens is 230 g/mol. The zero-order chi connectivity index (χ0) is 12.4. The molecule has 2 atom stereocenters. The second-order valence-corrected chi connectivity index (χ2v) is 5.59. The van der Waals surface area contributed by atoms with Crippen molar-refractivity contribution in [3.63, 3.8) is 0 Å². The summed E-state index contributed by atoms with van der Waals surface area (Å²) in [4.78, 5) is 4.50. The van der Waals surface area contributed by atoms with Gasteiger partial charge in [-0.25, -0.2) is 0 Å². The fourth-order valence-electron chi connectivity index (χ4n) is 2.82. The standard InChI is InChI=1S/C13H21N3O2/c1-13(6-2-8-17-13)12-15-11(18-16-12)4-3-10-5-7-14-9-10/h10,14H,2-9H2,1H3. The summed E-state index contributed by atoms with van der Waals surface area (Å²) in [6.07, 6.45) is 5.34. The van der Waals surface area contributed by atoms with Crippen LogP contribution in [-0.2, 0) is 16.8 Å². The van der Waals surface area contributed by atoms with E-state index in [0.29, 0.717) is 0 Å². The Labute approximate surface area is 107 Å². The number of rotatable bonds is 4. The Kier molecular flexibility index (Phi) is 3.35. The number of aryl methyl sites for hydroxylation is 1. The monoisotopic (exact) mass is 251 g/mol. The van der Waals surface area contributed by atoms with Crippen molar-refractivity contribution in [3.8, 4) is 0 Å². The molecule has 0 aliphatic carbocycles. The first-order chi connectivity index (χ1) is 8.76. The highest BCUT2D eigenvalue weighted by atomic mass is 16.5. The molecule has 1 N–H and O–H groups in total. The van der Waals surface area contributed by atoms with Crippen molar-refractivity contribution in [2.45, 2.75) is 44.6 Å². The summed E-state index contributed by atoms with van der Waals surface area (Å²) in [6.45, 7) is 5.12. The molecule has 0 amide bonds. The van der Waals surface area contributed by atoms with E-state index in [-0.39, 0.29) is 5.60 Å². The molecule has 5 nitrogen and oxygen atoms in total. The van der Waals surface area contributed by atoms with Crippen molar-refractivity contribution in [2.24, 2.45) is 5.92 Å². The smallest absolute Gasteiger partial charge is 0.226 e. The highest BCUT2D eigenvalue weighted by molar-refractivity contribution is 5.01. The van der Waals surface area contributed by atoms with Gasteiger partial charge < -0.3 is 14.6 Å². The summed E-state index contributed by atoms with van der Waals surface area (Å²) in [5.74, 6) is 2.24. The van der Waals surface area contributed by atoms with Gasteiger partial charge in [-0.3, -0.25) is 0 Å². The summed E-state index contributed by atoms with van der Waals surface area (Å²) in [5, 5.41) is 7.47. The van der Waals surface area contributed by atoms with Crippen molar-refractivity contribution in [3.05, 3.63) is 11.7 Å². The molecule has 1 aromatic heterocycles. The van der Waals surface area contributed by atoms with Gasteiger partial charge >= 0.3 is 0 Å². The molecule has 2 fully saturated rings. The lowest BCUT2D eigenvalue weighted by molar-refractivity contribution is 0.00768. The van der Waals surface area contributed by atoms with Crippen LogP contribution in [0, 0.1) is 5.92 Å². The van der Waals surface area contributed by atoms with Gasteiger partial charge in [0.05, 0.1) is 0 Å². The van der Waals surface area contributed by atoms with Crippen LogP contribution in [0.25, 0.3) is 0 Å². The third kappa shape index (κ3) is 2.42. The van der Waals surface area contributed by atoms with E-state index in [1.807, 2.05) is 0 Å². The first kappa shape index (κ1) is 12.1. The summed E-state index contributed by atoms with van der Waals surface area (Å²) >= 11 is 0. The number of nitrogens with zero attached hydrogens (tertiary/aromatic N) is 2. The van der Waals surface area contributed by atoms with E-state index in [4.69, 9.17) is 9.26 Å². The second-order valence-electron chi connectivity index (χ2n) is 5.59. The maximum Gasteiger partial charge on any atom is 0.226 e. The number of hydrogen-bond donors (Lipinski definition) is 1. The average Bonchev–Trinajstić information content (AvgIpc) is 3.08. The number of aromatic nitrogens is 2. The van der Waals surface area contributed by atoms with Crippen LogP contribution in [0.4, 0.5) is 0 Å². The van der Waals surface area contributed by atoms with Gasteiger partial charge in [-0.2, -0.15) is 4.98 Å². The number of ether oxygens (including phenoxy) is 1. The predicted octanol–water partition coefficient (Wildman–Crippen LogP) is 1.64. The molecule has 2 saturated heterocycles. The van der Waals surface area contributed by atoms with E-state index >= 15 is 0 Å². The van der Waals surface area contributed by atoms with Gasteiger partial charge in [-0.1, -0.05) is 5.16 Å². The molecule has 0 bridgehead atoms. The Balaban J connectivity index is 1.59. The Hall–Kier alpha value is -0.940. The van der Waals surface area contributed by atoms with Crippen LogP contribution >= 0.6 is 0 Å². The molecule has 2 aliphatic heterocycles. The van der Waals surface area contributed by atoms with Gasteiger partial charge in [0.1, 0.15) is 5.60 Å². The molecule has 100 valence electrons. The van der Waals surface area contributed by atoms with E-state index in [2.05, 4.69) is 22.4 Å². The summed E-state index contributed by atoms with van der Waals surface area (Å²) < 4.78 is 11.1. The fraction of sp³-hybridized carbons (Fsp3) is 0.846. The van der Waals surface area contributed by atoms with Gasteiger partial charge in [0.15, 0.2) is 0 Å². The Morgan fingerprint density at radius 1 is 1.50 bits per heavy atom. The zero-order valence-corrected chi connectivity index (χ0v) is 10.9. The lowest BCUT2D eigenvalue weighted by atomic mass is 10.0. The van der Waals surface area contributed by atoms with Crippen LogP contribution in [-0.4, -0.2) is 29.8 Å². The van der Waals surface area contributed by atoms with Crippen LogP contribution in [0.1, 0.15) is 44.3 Å². The lowest BCUT2D eigenvalue weighted by Gasteiger charge is -2.17. The van der Waals surface area contributed by atoms with Crippen LogP contribution in [0.2, 0.25) is 0 Å². The molecule has 0 aromatic carbocycles. The first-order valence-corrected chi connectivity index (χ1v) is 6.94. The van der Waals surface area contributed by atoms with Gasteiger partial charge in [0.25, 0.3) is 0 Å². The SMILES string of the molecule is CC1(c2noc(CCC3CCNC3)n2)CCCO1. The van der Waals surface area contributed by atoms with E-state index in [1.165, 1.54) is 6.42 Å². The van der Waals surface area contributed by atoms with Crippen molar-refractivity contribution in [1.29, 1.82) is 0 Å². The maximum absolute atomic E-state index is 5.72. The molecule has 1 aromatic rings. The van der Waals surface area contributed by atoms with Crippen LogP contribution in [0.15, 0.2) is 4.52 Å². The van der Waals surface area contributed by atoms with Crippen molar-refractivity contribution < 1.29 is 9.26 Å². The fourth-order valence-corrected chi connectivity index (χ4v) is 2.82. The molecule has 0 radical (unpaired) electrons. The normalized spacial score (nSPS) is 32.2. The summed E-state index contributed by atoms with van der Waals surface area (Å²) in [5.41, 5.74) is -0.323. The van der Waals surface area contributed by atoms with E-state index in [9.17, 15) is 0 Å². The van der Waals surface area contributed by atoms with E-state index in [1.54, 1.807) is 0 Å². The predicted molar refractivity (Wildman–Crippen MR) is 66.1 cm³/mol. The highest BCUT2D eigenvalue weighted by Crippen LogP contribution is 2.33. The Bertz CT molecular complexity index is 393. The quantitative estimate of drug-likeness (QED) is 0.881. The van der Waals surface area contributed by atoms with Crippen LogP contribution in [0.3, 0.4) is 0 Å². The Morgan fingerprint density at radius 2 is 2.44 bits per heavy atom. The molecule has 3 heterocycles. The third-order valence-corrected chi connectivity index (χ3v) is 4.09. The Morgan fingerprint density at radius 3 is 3.17 bits per heavy atom. The molecule has 0 spiro atoms. The maximum atomic E-state index is 5.72. The zero-order valence-electron chi connectivity index (χ0n) is 10.9. The minimum atomic E-state index is -0.323. The van der Waals surface area contributed by atoms with Gasteiger partial charge in [-0.15, -0.1) is 0 Å². The topological polar surface area (TPSA) is 60.2 Å². The average molecular weight is 251 g/mol. The van der Waals surface area contributed by atoms with Crippen molar-refractivity contribution >= 4 is 0 Å². The molecule has 3 rings (SSSR count). The van der Waals surface area contributed by atoms with Gasteiger partial charge in [0, 0.05) is 13.0 Å². The van der Waals surface area contributed by atoms with E-state index < -0.39 is 0 Å². The summed E-state index contributed by atoms with van der Waals surface area (Å²) in [6, 6.07) is 0. The highest BCUT2D eigenvalue weighted by Gasteiger charge is 2.36. The molecular formula is C13H21N3O2. The largest absolute Gasteiger partial charge is 0.367 e. The summed E-state index contributed by atoms with van der Waals surface area (Å²) in [7, 11) is 0. The van der Waals surface area contributed by atoms with Gasteiger partial charge in [-0.05, 0) is 51.6 Å². The van der Waals surface area contributed by atoms with Crippen molar-refractivity contribution in [1.82, 2.24) is 15.5 Å². The minimum absolute atomic E-state index is 0.323. The molecule has 2 aliphatic rings. The first-order valence-electron chi connectivity index (χ1n) is 6.94. The number of hydrogen-bond acceptors (Lipinski definition) is 5. The molecule has 0 saturated carbocycles. The number of nitrogens with one attached hydrogen (secondary N) is 1. The lowest BCUT2D eigenvalue weighted by Crippen LogP contribution is -2.21. The third-order valence-electron chi connectivity index (χ3n) is 4.09. The van der Waals surface area contributed by atoms with Crippen LogP contribution in [0.5, 0.6) is 0 Å². The molecule has 2 unspecified atom stereocenters. The molecule has 18 heavy (non-hydrogen) atoms. The van der Waals surface area contributed by atoms with Gasteiger partial charge in [0.2, 0.25) is 11.7 Å². The van der Waals surface area contributed by atoms with Crippen LogP contribution < -0.4 is 5.32 Å². The van der Waals surface area contributed by atoms with Crippen molar-refractivity contribution in [2.75, 3.05) is 19.7 Å². The second kappa shape index (κ2) is 4.97.